The number of likely N-dealkylation sites (N-methyl/N-ethyl adjacent to an activating group) is 1. The van der Waals surface area contributed by atoms with E-state index in [-0.39, 0.29) is 18.4 Å². The van der Waals surface area contributed by atoms with Crippen LogP contribution in [0.15, 0.2) is 51.6 Å². The summed E-state index contributed by atoms with van der Waals surface area (Å²) in [6.45, 7) is 1.85. The summed E-state index contributed by atoms with van der Waals surface area (Å²) >= 11 is 6.10. The maximum Gasteiger partial charge on any atom is 0.264 e. The van der Waals surface area contributed by atoms with Gasteiger partial charge in [0.05, 0.1) is 20.0 Å². The standard InChI is InChI=1S/C18H16BrN3O2S2/c1-12-11-25-18(20-12)22(13-6-4-3-5-7-13)16(23)10-21(2)17(24)14-8-9-15(19)26-14/h3-9,11H,10H2,1-2H3. The molecule has 0 atom stereocenters. The molecule has 26 heavy (non-hydrogen) atoms. The molecule has 2 aromatic heterocycles. The topological polar surface area (TPSA) is 53.5 Å². The summed E-state index contributed by atoms with van der Waals surface area (Å²) in [4.78, 5) is 33.5. The highest BCUT2D eigenvalue weighted by atomic mass is 79.9. The van der Waals surface area contributed by atoms with Crippen molar-refractivity contribution >= 4 is 61.2 Å². The van der Waals surface area contributed by atoms with E-state index in [4.69, 9.17) is 0 Å². The molecule has 0 bridgehead atoms. The van der Waals surface area contributed by atoms with Crippen molar-refractivity contribution in [3.63, 3.8) is 0 Å². The monoisotopic (exact) mass is 449 g/mol. The first-order valence-corrected chi connectivity index (χ1v) is 10.3. The SMILES string of the molecule is Cc1csc(N(C(=O)CN(C)C(=O)c2ccc(Br)s2)c2ccccc2)n1. The van der Waals surface area contributed by atoms with E-state index in [2.05, 4.69) is 20.9 Å². The summed E-state index contributed by atoms with van der Waals surface area (Å²) < 4.78 is 0.879. The molecule has 0 radical (unpaired) electrons. The lowest BCUT2D eigenvalue weighted by atomic mass is 10.3. The van der Waals surface area contributed by atoms with Gasteiger partial charge in [-0.25, -0.2) is 4.98 Å². The lowest BCUT2D eigenvalue weighted by molar-refractivity contribution is -0.118. The summed E-state index contributed by atoms with van der Waals surface area (Å²) in [5.41, 5.74) is 1.58. The highest BCUT2D eigenvalue weighted by molar-refractivity contribution is 9.11. The van der Waals surface area contributed by atoms with E-state index in [0.29, 0.717) is 10.0 Å². The molecule has 2 amide bonds. The molecule has 2 heterocycles. The van der Waals surface area contributed by atoms with Crippen LogP contribution in [-0.4, -0.2) is 35.3 Å². The second-order valence-corrected chi connectivity index (χ2v) is 8.90. The predicted molar refractivity (Wildman–Crippen MR) is 109 cm³/mol. The highest BCUT2D eigenvalue weighted by Gasteiger charge is 2.24. The number of carbonyl (C=O) groups is 2. The number of nitrogens with zero attached hydrogens (tertiary/aromatic N) is 3. The third kappa shape index (κ3) is 4.20. The van der Waals surface area contributed by atoms with Gasteiger partial charge in [0.2, 0.25) is 0 Å². The molecule has 3 rings (SSSR count). The highest BCUT2D eigenvalue weighted by Crippen LogP contribution is 2.29. The van der Waals surface area contributed by atoms with Gasteiger partial charge >= 0.3 is 0 Å². The molecule has 8 heteroatoms. The Kier molecular flexibility index (Phi) is 5.85. The van der Waals surface area contributed by atoms with Crippen LogP contribution >= 0.6 is 38.6 Å². The minimum absolute atomic E-state index is 0.0398. The van der Waals surface area contributed by atoms with Gasteiger partial charge in [0.25, 0.3) is 11.8 Å². The summed E-state index contributed by atoms with van der Waals surface area (Å²) in [5.74, 6) is -0.394. The normalized spacial score (nSPS) is 10.6. The summed E-state index contributed by atoms with van der Waals surface area (Å²) in [6.07, 6.45) is 0. The summed E-state index contributed by atoms with van der Waals surface area (Å²) in [5, 5.41) is 2.50. The molecule has 134 valence electrons. The van der Waals surface area contributed by atoms with Crippen molar-refractivity contribution in [1.29, 1.82) is 0 Å². The van der Waals surface area contributed by atoms with Crippen LogP contribution in [0.5, 0.6) is 0 Å². The molecular weight excluding hydrogens is 434 g/mol. The molecule has 0 saturated heterocycles. The number of para-hydroxylation sites is 1. The van der Waals surface area contributed by atoms with Gasteiger partial charge in [-0.3, -0.25) is 14.5 Å². The molecule has 0 N–H and O–H groups in total. The van der Waals surface area contributed by atoms with Crippen LogP contribution in [0.3, 0.4) is 0 Å². The number of thiophene rings is 1. The van der Waals surface area contributed by atoms with Gasteiger partial charge in [0.15, 0.2) is 5.13 Å². The van der Waals surface area contributed by atoms with Crippen LogP contribution in [0, 0.1) is 6.92 Å². The molecule has 0 aliphatic carbocycles. The number of halogens is 1. The van der Waals surface area contributed by atoms with E-state index >= 15 is 0 Å². The minimum Gasteiger partial charge on any atom is -0.332 e. The number of hydrogen-bond donors (Lipinski definition) is 0. The van der Waals surface area contributed by atoms with Crippen LogP contribution in [-0.2, 0) is 4.79 Å². The first kappa shape index (κ1) is 18.8. The molecule has 5 nitrogen and oxygen atoms in total. The number of aromatic nitrogens is 1. The number of amides is 2. The van der Waals surface area contributed by atoms with Crippen molar-refractivity contribution in [1.82, 2.24) is 9.88 Å². The average Bonchev–Trinajstić information content (AvgIpc) is 3.24. The number of benzene rings is 1. The van der Waals surface area contributed by atoms with Gasteiger partial charge in [-0.15, -0.1) is 22.7 Å². The van der Waals surface area contributed by atoms with Gasteiger partial charge in [-0.1, -0.05) is 18.2 Å². The van der Waals surface area contributed by atoms with Gasteiger partial charge in [-0.05, 0) is 47.1 Å². The van der Waals surface area contributed by atoms with Crippen LogP contribution in [0.1, 0.15) is 15.4 Å². The Morgan fingerprint density at radius 1 is 1.15 bits per heavy atom. The van der Waals surface area contributed by atoms with Crippen molar-refractivity contribution < 1.29 is 9.59 Å². The van der Waals surface area contributed by atoms with Gasteiger partial charge in [0.1, 0.15) is 6.54 Å². The minimum atomic E-state index is -0.211. The van der Waals surface area contributed by atoms with Crippen molar-refractivity contribution in [2.75, 3.05) is 18.5 Å². The van der Waals surface area contributed by atoms with Gasteiger partial charge in [0, 0.05) is 12.4 Å². The predicted octanol–water partition coefficient (Wildman–Crippen LogP) is 4.71. The Morgan fingerprint density at radius 3 is 2.46 bits per heavy atom. The maximum atomic E-state index is 13.0. The van der Waals surface area contributed by atoms with Crippen LogP contribution in [0.2, 0.25) is 0 Å². The molecule has 0 spiro atoms. The maximum absolute atomic E-state index is 13.0. The van der Waals surface area contributed by atoms with Crippen molar-refractivity contribution in [3.8, 4) is 0 Å². The zero-order chi connectivity index (χ0) is 18.7. The molecule has 3 aromatic rings. The van der Waals surface area contributed by atoms with Crippen molar-refractivity contribution in [3.05, 3.63) is 62.2 Å². The number of hydrogen-bond acceptors (Lipinski definition) is 5. The van der Waals surface area contributed by atoms with Crippen molar-refractivity contribution in [2.24, 2.45) is 0 Å². The van der Waals surface area contributed by atoms with Crippen LogP contribution in [0.4, 0.5) is 10.8 Å². The molecule has 0 aliphatic heterocycles. The zero-order valence-electron chi connectivity index (χ0n) is 14.2. The second kappa shape index (κ2) is 8.11. The Balaban J connectivity index is 1.83. The first-order chi connectivity index (χ1) is 12.5. The number of aryl methyl sites for hydroxylation is 1. The molecule has 0 unspecified atom stereocenters. The number of thiazole rings is 1. The molecule has 1 aromatic carbocycles. The van der Waals surface area contributed by atoms with E-state index in [1.165, 1.54) is 27.6 Å². The third-order valence-electron chi connectivity index (χ3n) is 3.57. The fourth-order valence-electron chi connectivity index (χ4n) is 2.35. The Bertz CT molecular complexity index is 923. The van der Waals surface area contributed by atoms with E-state index < -0.39 is 0 Å². The average molecular weight is 450 g/mol. The first-order valence-electron chi connectivity index (χ1n) is 7.76. The van der Waals surface area contributed by atoms with Gasteiger partial charge < -0.3 is 4.90 Å². The summed E-state index contributed by atoms with van der Waals surface area (Å²) in [6, 6.07) is 12.9. The smallest absolute Gasteiger partial charge is 0.264 e. The quantitative estimate of drug-likeness (QED) is 0.566. The number of anilines is 2. The van der Waals surface area contributed by atoms with E-state index in [1.807, 2.05) is 48.7 Å². The van der Waals surface area contributed by atoms with Crippen LogP contribution < -0.4 is 4.90 Å². The molecule has 0 fully saturated rings. The zero-order valence-corrected chi connectivity index (χ0v) is 17.4. The number of carbonyl (C=O) groups excluding carboxylic acids is 2. The molecule has 0 aliphatic rings. The van der Waals surface area contributed by atoms with E-state index in [9.17, 15) is 9.59 Å². The lowest BCUT2D eigenvalue weighted by Gasteiger charge is -2.23. The van der Waals surface area contributed by atoms with Crippen LogP contribution in [0.25, 0.3) is 0 Å². The Labute approximate surface area is 168 Å². The Morgan fingerprint density at radius 2 is 1.88 bits per heavy atom. The Hall–Kier alpha value is -2.03. The van der Waals surface area contributed by atoms with Crippen molar-refractivity contribution in [2.45, 2.75) is 6.92 Å². The van der Waals surface area contributed by atoms with E-state index in [0.717, 1.165) is 15.2 Å². The molecular formula is C18H16BrN3O2S2. The fraction of sp³-hybridized carbons (Fsp3) is 0.167. The third-order valence-corrected chi connectivity index (χ3v) is 6.12. The number of rotatable bonds is 5. The van der Waals surface area contributed by atoms with E-state index in [1.54, 1.807) is 18.0 Å². The largest absolute Gasteiger partial charge is 0.332 e. The summed E-state index contributed by atoms with van der Waals surface area (Å²) in [7, 11) is 1.63. The lowest BCUT2D eigenvalue weighted by Crippen LogP contribution is -2.39. The fourth-order valence-corrected chi connectivity index (χ4v) is 4.56. The molecule has 0 saturated carbocycles. The second-order valence-electron chi connectivity index (χ2n) is 5.60. The van der Waals surface area contributed by atoms with Gasteiger partial charge in [-0.2, -0.15) is 0 Å².